The maximum Gasteiger partial charge on any atom is 0.153 e. The van der Waals surface area contributed by atoms with Gasteiger partial charge in [0.25, 0.3) is 0 Å². The van der Waals surface area contributed by atoms with Gasteiger partial charge in [0.2, 0.25) is 0 Å². The molecule has 2 nitrogen and oxygen atoms in total. The number of hydrogen-bond acceptors (Lipinski definition) is 2. The summed E-state index contributed by atoms with van der Waals surface area (Å²) >= 11 is 3.31. The number of alkyl halides is 1. The van der Waals surface area contributed by atoms with Crippen molar-refractivity contribution in [1.82, 2.24) is 5.32 Å². The highest BCUT2D eigenvalue weighted by atomic mass is 79.9. The van der Waals surface area contributed by atoms with Crippen LogP contribution >= 0.6 is 15.9 Å². The maximum absolute atomic E-state index is 12.2. The SMILES string of the molecule is O=C(CBr)C1(c2ccccc2)CCNCC1. The molecule has 1 fully saturated rings. The first-order valence-electron chi connectivity index (χ1n) is 5.65. The molecule has 1 N–H and O–H groups in total. The van der Waals surface area contributed by atoms with E-state index in [1.54, 1.807) is 0 Å². The first kappa shape index (κ1) is 11.8. The van der Waals surface area contributed by atoms with Gasteiger partial charge in [-0.15, -0.1) is 0 Å². The standard InChI is InChI=1S/C13H16BrNO/c14-10-12(16)13(6-8-15-9-7-13)11-4-2-1-3-5-11/h1-5,15H,6-10H2. The van der Waals surface area contributed by atoms with Crippen molar-refractivity contribution in [2.45, 2.75) is 18.3 Å². The minimum Gasteiger partial charge on any atom is -0.317 e. The molecule has 1 aliphatic heterocycles. The van der Waals surface area contributed by atoms with Crippen molar-refractivity contribution in [2.24, 2.45) is 0 Å². The zero-order valence-electron chi connectivity index (χ0n) is 9.21. The summed E-state index contributed by atoms with van der Waals surface area (Å²) in [6.45, 7) is 1.85. The number of piperidine rings is 1. The van der Waals surface area contributed by atoms with Crippen molar-refractivity contribution in [3.63, 3.8) is 0 Å². The van der Waals surface area contributed by atoms with E-state index in [-0.39, 0.29) is 5.41 Å². The molecule has 1 heterocycles. The van der Waals surface area contributed by atoms with Crippen molar-refractivity contribution in [3.8, 4) is 0 Å². The molecule has 0 atom stereocenters. The zero-order valence-corrected chi connectivity index (χ0v) is 10.8. The van der Waals surface area contributed by atoms with Gasteiger partial charge in [0.15, 0.2) is 5.78 Å². The van der Waals surface area contributed by atoms with E-state index in [0.29, 0.717) is 11.1 Å². The number of nitrogens with one attached hydrogen (secondary N) is 1. The normalized spacial score (nSPS) is 19.3. The van der Waals surface area contributed by atoms with E-state index < -0.39 is 0 Å². The third kappa shape index (κ3) is 2.06. The van der Waals surface area contributed by atoms with Crippen LogP contribution in [0.5, 0.6) is 0 Å². The molecule has 1 saturated heterocycles. The topological polar surface area (TPSA) is 29.1 Å². The lowest BCUT2D eigenvalue weighted by atomic mass is 9.70. The molecule has 0 unspecified atom stereocenters. The van der Waals surface area contributed by atoms with Crippen molar-refractivity contribution in [3.05, 3.63) is 35.9 Å². The molecule has 16 heavy (non-hydrogen) atoms. The first-order valence-corrected chi connectivity index (χ1v) is 6.77. The van der Waals surface area contributed by atoms with Gasteiger partial charge in [-0.05, 0) is 31.5 Å². The summed E-state index contributed by atoms with van der Waals surface area (Å²) in [6.07, 6.45) is 1.81. The molecular weight excluding hydrogens is 266 g/mol. The Morgan fingerprint density at radius 3 is 2.44 bits per heavy atom. The number of carbonyl (C=O) groups is 1. The average molecular weight is 282 g/mol. The Balaban J connectivity index is 2.38. The van der Waals surface area contributed by atoms with E-state index >= 15 is 0 Å². The van der Waals surface area contributed by atoms with Gasteiger partial charge in [-0.25, -0.2) is 0 Å². The van der Waals surface area contributed by atoms with E-state index in [1.807, 2.05) is 18.2 Å². The van der Waals surface area contributed by atoms with Crippen LogP contribution in [-0.2, 0) is 10.2 Å². The molecule has 0 bridgehead atoms. The fraction of sp³-hybridized carbons (Fsp3) is 0.462. The molecule has 3 heteroatoms. The summed E-state index contributed by atoms with van der Waals surface area (Å²) in [7, 11) is 0. The van der Waals surface area contributed by atoms with Crippen molar-refractivity contribution < 1.29 is 4.79 Å². The van der Waals surface area contributed by atoms with E-state index in [2.05, 4.69) is 33.4 Å². The molecule has 0 saturated carbocycles. The van der Waals surface area contributed by atoms with Crippen molar-refractivity contribution in [1.29, 1.82) is 0 Å². The van der Waals surface area contributed by atoms with Crippen LogP contribution in [0.3, 0.4) is 0 Å². The second-order valence-electron chi connectivity index (χ2n) is 4.25. The largest absolute Gasteiger partial charge is 0.317 e. The molecule has 0 spiro atoms. The molecule has 0 aliphatic carbocycles. The summed E-state index contributed by atoms with van der Waals surface area (Å²) in [4.78, 5) is 12.2. The third-order valence-corrected chi connectivity index (χ3v) is 3.95. The second kappa shape index (κ2) is 5.11. The van der Waals surface area contributed by atoms with Crippen LogP contribution in [0.15, 0.2) is 30.3 Å². The van der Waals surface area contributed by atoms with Gasteiger partial charge >= 0.3 is 0 Å². The van der Waals surface area contributed by atoms with E-state index in [4.69, 9.17) is 0 Å². The lowest BCUT2D eigenvalue weighted by Gasteiger charge is -2.36. The molecule has 86 valence electrons. The minimum atomic E-state index is -0.268. The maximum atomic E-state index is 12.2. The van der Waals surface area contributed by atoms with Gasteiger partial charge in [-0.3, -0.25) is 4.79 Å². The number of Topliss-reactive ketones (excluding diaryl/α,β-unsaturated/α-hetero) is 1. The molecule has 1 aromatic carbocycles. The van der Waals surface area contributed by atoms with Gasteiger partial charge < -0.3 is 5.32 Å². The highest BCUT2D eigenvalue weighted by Crippen LogP contribution is 2.34. The monoisotopic (exact) mass is 281 g/mol. The number of ketones is 1. The van der Waals surface area contributed by atoms with Crippen LogP contribution in [-0.4, -0.2) is 24.2 Å². The first-order chi connectivity index (χ1) is 7.79. The van der Waals surface area contributed by atoms with Gasteiger partial charge in [-0.2, -0.15) is 0 Å². The van der Waals surface area contributed by atoms with E-state index in [9.17, 15) is 4.79 Å². The number of benzene rings is 1. The smallest absolute Gasteiger partial charge is 0.153 e. The summed E-state index contributed by atoms with van der Waals surface area (Å²) in [5.74, 6) is 0.306. The fourth-order valence-corrected chi connectivity index (χ4v) is 3.00. The average Bonchev–Trinajstić information content (AvgIpc) is 2.39. The predicted molar refractivity (Wildman–Crippen MR) is 69.0 cm³/mol. The zero-order chi connectivity index (χ0) is 11.4. The highest BCUT2D eigenvalue weighted by Gasteiger charge is 2.39. The quantitative estimate of drug-likeness (QED) is 0.862. The summed E-state index contributed by atoms with van der Waals surface area (Å²) in [6, 6.07) is 10.2. The van der Waals surface area contributed by atoms with Gasteiger partial charge in [0, 0.05) is 0 Å². The number of halogens is 1. The second-order valence-corrected chi connectivity index (χ2v) is 4.82. The summed E-state index contributed by atoms with van der Waals surface area (Å²) in [5.41, 5.74) is 0.900. The van der Waals surface area contributed by atoms with Gasteiger partial charge in [-0.1, -0.05) is 46.3 Å². The molecule has 0 amide bonds. The van der Waals surface area contributed by atoms with Gasteiger partial charge in [0.1, 0.15) is 0 Å². The number of carbonyl (C=O) groups excluding carboxylic acids is 1. The van der Waals surface area contributed by atoms with Crippen LogP contribution in [0.25, 0.3) is 0 Å². The number of hydrogen-bond donors (Lipinski definition) is 1. The summed E-state index contributed by atoms with van der Waals surface area (Å²) < 4.78 is 0. The van der Waals surface area contributed by atoms with Gasteiger partial charge in [0.05, 0.1) is 10.7 Å². The molecule has 0 radical (unpaired) electrons. The van der Waals surface area contributed by atoms with E-state index in [0.717, 1.165) is 25.9 Å². The van der Waals surface area contributed by atoms with Crippen LogP contribution in [0.2, 0.25) is 0 Å². The lowest BCUT2D eigenvalue weighted by molar-refractivity contribution is -0.122. The van der Waals surface area contributed by atoms with Crippen molar-refractivity contribution in [2.75, 3.05) is 18.4 Å². The highest BCUT2D eigenvalue weighted by molar-refractivity contribution is 9.09. The molecule has 0 aromatic heterocycles. The summed E-state index contributed by atoms with van der Waals surface area (Å²) in [5, 5.41) is 3.77. The fourth-order valence-electron chi connectivity index (χ4n) is 2.47. The Hall–Kier alpha value is -0.670. The van der Waals surface area contributed by atoms with Crippen molar-refractivity contribution >= 4 is 21.7 Å². The number of rotatable bonds is 3. The Labute approximate surface area is 105 Å². The van der Waals surface area contributed by atoms with Crippen LogP contribution in [0.4, 0.5) is 0 Å². The molecule has 1 aliphatic rings. The Bertz CT molecular complexity index is 357. The molecular formula is C13H16BrNO. The van der Waals surface area contributed by atoms with E-state index in [1.165, 1.54) is 5.56 Å². The predicted octanol–water partition coefficient (Wildman–Crippen LogP) is 2.27. The van der Waals surface area contributed by atoms with Crippen LogP contribution in [0.1, 0.15) is 18.4 Å². The Kier molecular flexibility index (Phi) is 3.77. The minimum absolute atomic E-state index is 0.268. The Morgan fingerprint density at radius 1 is 1.25 bits per heavy atom. The lowest BCUT2D eigenvalue weighted by Crippen LogP contribution is -2.46. The van der Waals surface area contributed by atoms with Crippen LogP contribution in [0, 0.1) is 0 Å². The third-order valence-electron chi connectivity index (χ3n) is 3.44. The molecule has 1 aromatic rings. The molecule has 2 rings (SSSR count). The van der Waals surface area contributed by atoms with Crippen LogP contribution < -0.4 is 5.32 Å². The Morgan fingerprint density at radius 2 is 1.88 bits per heavy atom.